The number of ether oxygens (including phenoxy) is 1. The van der Waals surface area contributed by atoms with E-state index in [0.29, 0.717) is 12.3 Å². The fourth-order valence-electron chi connectivity index (χ4n) is 3.51. The Hall–Kier alpha value is -2.67. The molecule has 2 saturated heterocycles. The van der Waals surface area contributed by atoms with E-state index in [1.807, 2.05) is 60.7 Å². The third-order valence-electron chi connectivity index (χ3n) is 4.64. The highest BCUT2D eigenvalue weighted by atomic mass is 32.2. The summed E-state index contributed by atoms with van der Waals surface area (Å²) in [5.41, 5.74) is 1.97. The summed E-state index contributed by atoms with van der Waals surface area (Å²) < 4.78 is 5.13. The van der Waals surface area contributed by atoms with Crippen LogP contribution in [0.15, 0.2) is 60.7 Å². The molecule has 7 heteroatoms. The molecule has 2 aromatic rings. The minimum Gasteiger partial charge on any atom is -0.450 e. The monoisotopic (exact) mass is 370 g/mol. The zero-order valence-corrected chi connectivity index (χ0v) is 14.7. The highest BCUT2D eigenvalue weighted by molar-refractivity contribution is 7.99. The number of benzene rings is 2. The predicted octanol–water partition coefficient (Wildman–Crippen LogP) is 3.76. The maximum Gasteiger partial charge on any atom is 0.507 e. The van der Waals surface area contributed by atoms with Crippen LogP contribution < -0.4 is 0 Å². The Kier molecular flexibility index (Phi) is 4.46. The number of thioether (sulfide) groups is 1. The largest absolute Gasteiger partial charge is 0.507 e. The van der Waals surface area contributed by atoms with Crippen LogP contribution in [-0.2, 0) is 11.3 Å². The van der Waals surface area contributed by atoms with Crippen LogP contribution in [0.3, 0.4) is 0 Å². The molecule has 0 bridgehead atoms. The fraction of sp³-hybridized carbons (Fsp3) is 0.263. The Bertz CT molecular complexity index is 802. The van der Waals surface area contributed by atoms with Crippen molar-refractivity contribution in [1.29, 1.82) is 0 Å². The molecule has 3 atom stereocenters. The summed E-state index contributed by atoms with van der Waals surface area (Å²) in [7, 11) is 0. The van der Waals surface area contributed by atoms with Gasteiger partial charge in [0.25, 0.3) is 0 Å². The smallest absolute Gasteiger partial charge is 0.450 e. The van der Waals surface area contributed by atoms with Crippen LogP contribution in [0.4, 0.5) is 9.59 Å². The summed E-state index contributed by atoms with van der Waals surface area (Å²) in [6.45, 7) is 0.316. The van der Waals surface area contributed by atoms with Gasteiger partial charge in [-0.05, 0) is 11.1 Å². The van der Waals surface area contributed by atoms with Crippen LogP contribution in [-0.4, -0.2) is 45.1 Å². The van der Waals surface area contributed by atoms with Crippen LogP contribution in [0.2, 0.25) is 0 Å². The molecule has 0 radical (unpaired) electrons. The van der Waals surface area contributed by atoms with E-state index >= 15 is 0 Å². The number of hydrogen-bond acceptors (Lipinski definition) is 4. The summed E-state index contributed by atoms with van der Waals surface area (Å²) in [6.07, 6.45) is -2.17. The molecule has 2 amide bonds. The molecule has 134 valence electrons. The lowest BCUT2D eigenvalue weighted by molar-refractivity contribution is -0.0151. The van der Waals surface area contributed by atoms with Crippen molar-refractivity contribution in [3.8, 4) is 0 Å². The van der Waals surface area contributed by atoms with E-state index in [1.165, 1.54) is 4.90 Å². The van der Waals surface area contributed by atoms with Crippen molar-refractivity contribution in [2.75, 3.05) is 5.75 Å². The van der Waals surface area contributed by atoms with Crippen LogP contribution in [0, 0.1) is 0 Å². The molecule has 2 fully saturated rings. The Morgan fingerprint density at radius 2 is 1.77 bits per heavy atom. The van der Waals surface area contributed by atoms with Gasteiger partial charge < -0.3 is 9.84 Å². The average molecular weight is 370 g/mol. The molecular formula is C19H18N2O4S. The Labute approximate surface area is 155 Å². The second-order valence-corrected chi connectivity index (χ2v) is 7.35. The van der Waals surface area contributed by atoms with E-state index in [2.05, 4.69) is 0 Å². The normalized spacial score (nSPS) is 24.6. The van der Waals surface area contributed by atoms with Gasteiger partial charge in [0.1, 0.15) is 11.4 Å². The number of hydrogen-bond donors (Lipinski definition) is 1. The standard InChI is InChI=1S/C19H18N2O4S/c22-18-20(11-13-7-3-1-4-8-13)16(25-19(23)24)15-12-26-17(21(15)18)14-9-5-2-6-10-14/h1-10,15-17H,11-12H2,(H,23,24)/t15-,16+,17?/m0/s1. The first-order chi connectivity index (χ1) is 12.6. The second kappa shape index (κ2) is 6.92. The SMILES string of the molecule is O=C(O)O[C@@H]1[C@@H]2CSC(c3ccccc3)N2C(=O)N1Cc1ccccc1. The number of amides is 2. The number of urea groups is 1. The number of carbonyl (C=O) groups excluding carboxylic acids is 1. The summed E-state index contributed by atoms with van der Waals surface area (Å²) >= 11 is 1.64. The molecule has 1 N–H and O–H groups in total. The van der Waals surface area contributed by atoms with Crippen molar-refractivity contribution in [3.05, 3.63) is 71.8 Å². The van der Waals surface area contributed by atoms with Gasteiger partial charge >= 0.3 is 12.2 Å². The fourth-order valence-corrected chi connectivity index (χ4v) is 4.97. The first-order valence-corrected chi connectivity index (χ1v) is 9.39. The topological polar surface area (TPSA) is 70.1 Å². The number of rotatable bonds is 4. The molecule has 0 aromatic heterocycles. The molecule has 26 heavy (non-hydrogen) atoms. The highest BCUT2D eigenvalue weighted by Gasteiger charge is 2.54. The second-order valence-electron chi connectivity index (χ2n) is 6.24. The van der Waals surface area contributed by atoms with Gasteiger partial charge in [-0.2, -0.15) is 0 Å². The number of fused-ring (bicyclic) bond motifs is 1. The Morgan fingerprint density at radius 1 is 1.12 bits per heavy atom. The molecule has 2 aliphatic heterocycles. The molecule has 0 spiro atoms. The Balaban J connectivity index is 1.64. The lowest BCUT2D eigenvalue weighted by atomic mass is 10.2. The first kappa shape index (κ1) is 16.8. The van der Waals surface area contributed by atoms with E-state index in [1.54, 1.807) is 16.7 Å². The summed E-state index contributed by atoms with van der Waals surface area (Å²) in [6, 6.07) is 18.8. The van der Waals surface area contributed by atoms with E-state index < -0.39 is 12.4 Å². The van der Waals surface area contributed by atoms with Crippen molar-refractivity contribution in [2.24, 2.45) is 0 Å². The lowest BCUT2D eigenvalue weighted by Gasteiger charge is -2.24. The summed E-state index contributed by atoms with van der Waals surface area (Å²) in [5.74, 6) is 0.633. The molecule has 0 aliphatic carbocycles. The third kappa shape index (κ3) is 2.99. The molecule has 1 unspecified atom stereocenters. The van der Waals surface area contributed by atoms with Crippen LogP contribution >= 0.6 is 11.8 Å². The first-order valence-electron chi connectivity index (χ1n) is 8.34. The van der Waals surface area contributed by atoms with Gasteiger partial charge in [0.2, 0.25) is 6.23 Å². The van der Waals surface area contributed by atoms with Gasteiger partial charge in [0.05, 0.1) is 6.54 Å². The summed E-state index contributed by atoms with van der Waals surface area (Å²) in [4.78, 5) is 27.6. The molecular weight excluding hydrogens is 352 g/mol. The minimum atomic E-state index is -1.36. The molecule has 6 nitrogen and oxygen atoms in total. The maximum atomic E-state index is 13.1. The molecule has 2 aliphatic rings. The zero-order chi connectivity index (χ0) is 18.1. The number of carbonyl (C=O) groups is 2. The minimum absolute atomic E-state index is 0.130. The van der Waals surface area contributed by atoms with Crippen LogP contribution in [0.25, 0.3) is 0 Å². The lowest BCUT2D eigenvalue weighted by Crippen LogP contribution is -2.40. The summed E-state index contributed by atoms with van der Waals surface area (Å²) in [5, 5.41) is 9.03. The molecule has 0 saturated carbocycles. The highest BCUT2D eigenvalue weighted by Crippen LogP contribution is 2.47. The third-order valence-corrected chi connectivity index (χ3v) is 5.99. The van der Waals surface area contributed by atoms with E-state index in [0.717, 1.165) is 11.1 Å². The van der Waals surface area contributed by atoms with Gasteiger partial charge in [-0.15, -0.1) is 11.8 Å². The van der Waals surface area contributed by atoms with E-state index in [-0.39, 0.29) is 17.4 Å². The quantitative estimate of drug-likeness (QED) is 0.830. The van der Waals surface area contributed by atoms with Gasteiger partial charge in [-0.3, -0.25) is 9.80 Å². The number of nitrogens with zero attached hydrogens (tertiary/aromatic N) is 2. The van der Waals surface area contributed by atoms with Gasteiger partial charge in [-0.1, -0.05) is 60.7 Å². The Morgan fingerprint density at radius 3 is 2.42 bits per heavy atom. The maximum absolute atomic E-state index is 13.1. The molecule has 4 rings (SSSR count). The van der Waals surface area contributed by atoms with Crippen molar-refractivity contribution >= 4 is 23.9 Å². The van der Waals surface area contributed by atoms with E-state index in [9.17, 15) is 9.59 Å². The zero-order valence-electron chi connectivity index (χ0n) is 13.9. The van der Waals surface area contributed by atoms with Crippen molar-refractivity contribution in [2.45, 2.75) is 24.2 Å². The van der Waals surface area contributed by atoms with Gasteiger partial charge in [0, 0.05) is 5.75 Å². The molecule has 2 aromatic carbocycles. The number of carboxylic acid groups (broad SMARTS) is 1. The van der Waals surface area contributed by atoms with Crippen molar-refractivity contribution in [3.63, 3.8) is 0 Å². The predicted molar refractivity (Wildman–Crippen MR) is 97.5 cm³/mol. The molecule has 2 heterocycles. The van der Waals surface area contributed by atoms with Crippen LogP contribution in [0.1, 0.15) is 16.5 Å². The van der Waals surface area contributed by atoms with Crippen molar-refractivity contribution < 1.29 is 19.4 Å². The van der Waals surface area contributed by atoms with Crippen LogP contribution in [0.5, 0.6) is 0 Å². The van der Waals surface area contributed by atoms with Gasteiger partial charge in [-0.25, -0.2) is 9.59 Å². The van der Waals surface area contributed by atoms with Gasteiger partial charge in [0.15, 0.2) is 0 Å². The average Bonchev–Trinajstić information content (AvgIpc) is 3.19. The van der Waals surface area contributed by atoms with Crippen molar-refractivity contribution in [1.82, 2.24) is 9.80 Å². The van der Waals surface area contributed by atoms with E-state index in [4.69, 9.17) is 9.84 Å².